The number of aromatic amines is 1. The minimum Gasteiger partial charge on any atom is -0.466 e. The van der Waals surface area contributed by atoms with Crippen LogP contribution in [0.3, 0.4) is 0 Å². The number of rotatable bonds is 5. The number of likely N-dealkylation sites (tertiary alicyclic amines) is 1. The monoisotopic (exact) mass is 473 g/mol. The maximum atomic E-state index is 12.9. The standard InChI is InChI=1S/C25H35N3O4S/c1-5-32-24(31)15-10-12-28(13-11-15)20(29)9-8-19-26-22(30)21-17-7-6-16(25(2,3)4)14-18(17)33-23(21)27-19/h15-16H,5-14H2,1-4H3,(H,26,27,30)/t16-/m0/s1. The molecule has 0 saturated carbocycles. The van der Waals surface area contributed by atoms with Gasteiger partial charge in [-0.3, -0.25) is 14.4 Å². The Balaban J connectivity index is 1.39. The zero-order valence-electron chi connectivity index (χ0n) is 20.2. The van der Waals surface area contributed by atoms with E-state index in [0.29, 0.717) is 57.1 Å². The molecule has 2 aromatic rings. The summed E-state index contributed by atoms with van der Waals surface area (Å²) in [5, 5.41) is 0.749. The number of aryl methyl sites for hydroxylation is 2. The molecule has 1 N–H and O–H groups in total. The summed E-state index contributed by atoms with van der Waals surface area (Å²) in [6.45, 7) is 10.2. The number of esters is 1. The highest BCUT2D eigenvalue weighted by atomic mass is 32.1. The van der Waals surface area contributed by atoms with Gasteiger partial charge in [0.1, 0.15) is 10.7 Å². The number of thiophene rings is 1. The van der Waals surface area contributed by atoms with Crippen molar-refractivity contribution in [2.24, 2.45) is 17.3 Å². The molecule has 1 fully saturated rings. The maximum absolute atomic E-state index is 12.9. The van der Waals surface area contributed by atoms with Crippen molar-refractivity contribution in [3.8, 4) is 0 Å². The van der Waals surface area contributed by atoms with Gasteiger partial charge >= 0.3 is 5.97 Å². The zero-order chi connectivity index (χ0) is 23.8. The Morgan fingerprint density at radius 3 is 2.61 bits per heavy atom. The highest BCUT2D eigenvalue weighted by Crippen LogP contribution is 2.42. The SMILES string of the molecule is CCOC(=O)C1CCN(C(=O)CCc2nc3sc4c(c3c(=O)[nH]2)CC[C@H](C(C)(C)C)C4)CC1. The van der Waals surface area contributed by atoms with Gasteiger partial charge in [0.15, 0.2) is 0 Å². The van der Waals surface area contributed by atoms with Crippen molar-refractivity contribution < 1.29 is 14.3 Å². The van der Waals surface area contributed by atoms with Crippen LogP contribution in [0.5, 0.6) is 0 Å². The molecule has 0 spiro atoms. The fourth-order valence-corrected chi connectivity index (χ4v) is 6.41. The molecule has 1 atom stereocenters. The summed E-state index contributed by atoms with van der Waals surface area (Å²) in [4.78, 5) is 49.1. The number of hydrogen-bond acceptors (Lipinski definition) is 6. The van der Waals surface area contributed by atoms with Gasteiger partial charge in [-0.2, -0.15) is 0 Å². The first-order valence-corrected chi connectivity index (χ1v) is 13.0. The largest absolute Gasteiger partial charge is 0.466 e. The number of nitrogens with one attached hydrogen (secondary N) is 1. The molecule has 0 unspecified atom stereocenters. The van der Waals surface area contributed by atoms with Gasteiger partial charge in [-0.05, 0) is 55.9 Å². The van der Waals surface area contributed by atoms with Gasteiger partial charge < -0.3 is 14.6 Å². The Labute approximate surface area is 198 Å². The van der Waals surface area contributed by atoms with Gasteiger partial charge in [0, 0.05) is 30.8 Å². The lowest BCUT2D eigenvalue weighted by molar-refractivity contribution is -0.151. The molecule has 3 heterocycles. The van der Waals surface area contributed by atoms with Crippen LogP contribution in [0, 0.1) is 17.3 Å². The predicted octanol–water partition coefficient (Wildman–Crippen LogP) is 3.87. The molecule has 4 rings (SSSR count). The minimum absolute atomic E-state index is 0.0403. The zero-order valence-corrected chi connectivity index (χ0v) is 21.0. The quantitative estimate of drug-likeness (QED) is 0.666. The number of aromatic nitrogens is 2. The van der Waals surface area contributed by atoms with E-state index in [1.54, 1.807) is 18.3 Å². The average molecular weight is 474 g/mol. The van der Waals surface area contributed by atoms with Crippen molar-refractivity contribution in [1.82, 2.24) is 14.9 Å². The van der Waals surface area contributed by atoms with Crippen LogP contribution in [0.15, 0.2) is 4.79 Å². The number of nitrogens with zero attached hydrogens (tertiary/aromatic N) is 2. The average Bonchev–Trinajstić information content (AvgIpc) is 3.15. The molecule has 1 amide bonds. The van der Waals surface area contributed by atoms with E-state index in [0.717, 1.165) is 29.5 Å². The smallest absolute Gasteiger partial charge is 0.309 e. The van der Waals surface area contributed by atoms with E-state index in [1.165, 1.54) is 10.4 Å². The predicted molar refractivity (Wildman–Crippen MR) is 129 cm³/mol. The van der Waals surface area contributed by atoms with Crippen LogP contribution in [0.25, 0.3) is 10.2 Å². The molecule has 1 aliphatic heterocycles. The molecule has 0 bridgehead atoms. The molecule has 2 aromatic heterocycles. The summed E-state index contributed by atoms with van der Waals surface area (Å²) in [7, 11) is 0. The van der Waals surface area contributed by atoms with Crippen molar-refractivity contribution in [2.75, 3.05) is 19.7 Å². The number of amides is 1. The second kappa shape index (κ2) is 9.57. The Kier molecular flexibility index (Phi) is 6.93. The van der Waals surface area contributed by atoms with Crippen molar-refractivity contribution in [1.29, 1.82) is 0 Å². The molecule has 0 aromatic carbocycles. The fraction of sp³-hybridized carbons (Fsp3) is 0.680. The summed E-state index contributed by atoms with van der Waals surface area (Å²) in [6.07, 6.45) is 5.04. The van der Waals surface area contributed by atoms with Crippen molar-refractivity contribution >= 4 is 33.4 Å². The third-order valence-electron chi connectivity index (χ3n) is 7.24. The third kappa shape index (κ3) is 5.15. The first-order valence-electron chi connectivity index (χ1n) is 12.1. The normalized spacial score (nSPS) is 19.5. The van der Waals surface area contributed by atoms with Crippen LogP contribution in [-0.4, -0.2) is 46.4 Å². The molecule has 180 valence electrons. The number of carbonyl (C=O) groups excluding carboxylic acids is 2. The molecule has 8 heteroatoms. The maximum Gasteiger partial charge on any atom is 0.309 e. The summed E-state index contributed by atoms with van der Waals surface area (Å²) in [6, 6.07) is 0. The summed E-state index contributed by atoms with van der Waals surface area (Å²) in [5.41, 5.74) is 1.35. The molecule has 1 aliphatic carbocycles. The molecule has 0 radical (unpaired) electrons. The molecular formula is C25H35N3O4S. The van der Waals surface area contributed by atoms with Crippen LogP contribution in [0.4, 0.5) is 0 Å². The number of H-pyrrole nitrogens is 1. The lowest BCUT2D eigenvalue weighted by Crippen LogP contribution is -2.40. The minimum atomic E-state index is -0.160. The lowest BCUT2D eigenvalue weighted by Gasteiger charge is -2.33. The van der Waals surface area contributed by atoms with E-state index in [-0.39, 0.29) is 28.8 Å². The van der Waals surface area contributed by atoms with Crippen LogP contribution in [-0.2, 0) is 33.6 Å². The summed E-state index contributed by atoms with van der Waals surface area (Å²) >= 11 is 1.65. The fourth-order valence-electron chi connectivity index (χ4n) is 5.09. The number of piperidine rings is 1. The highest BCUT2D eigenvalue weighted by Gasteiger charge is 2.32. The van der Waals surface area contributed by atoms with Crippen LogP contribution in [0.2, 0.25) is 0 Å². The van der Waals surface area contributed by atoms with Gasteiger partial charge in [-0.15, -0.1) is 11.3 Å². The van der Waals surface area contributed by atoms with Gasteiger partial charge in [0.2, 0.25) is 5.91 Å². The number of ether oxygens (including phenoxy) is 1. The third-order valence-corrected chi connectivity index (χ3v) is 8.38. The molecule has 7 nitrogen and oxygen atoms in total. The van der Waals surface area contributed by atoms with E-state index >= 15 is 0 Å². The lowest BCUT2D eigenvalue weighted by atomic mass is 9.72. The van der Waals surface area contributed by atoms with Crippen molar-refractivity contribution in [3.05, 3.63) is 26.6 Å². The van der Waals surface area contributed by atoms with Gasteiger partial charge in [-0.1, -0.05) is 20.8 Å². The summed E-state index contributed by atoms with van der Waals surface area (Å²) in [5.74, 6) is 0.957. The van der Waals surface area contributed by atoms with Gasteiger partial charge in [0.25, 0.3) is 5.56 Å². The Bertz CT molecular complexity index is 1090. The van der Waals surface area contributed by atoms with Gasteiger partial charge in [0.05, 0.1) is 17.9 Å². The van der Waals surface area contributed by atoms with Crippen LogP contribution >= 0.6 is 11.3 Å². The second-order valence-corrected chi connectivity index (χ2v) is 11.5. The Hall–Kier alpha value is -2.22. The number of carbonyl (C=O) groups is 2. The number of hydrogen-bond donors (Lipinski definition) is 1. The first kappa shape index (κ1) is 23.9. The first-order chi connectivity index (χ1) is 15.7. The molecule has 1 saturated heterocycles. The van der Waals surface area contributed by atoms with Crippen LogP contribution in [0.1, 0.15) is 69.6 Å². The van der Waals surface area contributed by atoms with E-state index in [1.807, 2.05) is 4.90 Å². The Morgan fingerprint density at radius 1 is 1.21 bits per heavy atom. The van der Waals surface area contributed by atoms with Gasteiger partial charge in [-0.25, -0.2) is 4.98 Å². The van der Waals surface area contributed by atoms with E-state index in [2.05, 4.69) is 25.8 Å². The van der Waals surface area contributed by atoms with E-state index < -0.39 is 0 Å². The Morgan fingerprint density at radius 2 is 1.94 bits per heavy atom. The topological polar surface area (TPSA) is 92.4 Å². The molecular weight excluding hydrogens is 438 g/mol. The van der Waals surface area contributed by atoms with E-state index in [4.69, 9.17) is 9.72 Å². The summed E-state index contributed by atoms with van der Waals surface area (Å²) < 4.78 is 5.10. The second-order valence-electron chi connectivity index (χ2n) is 10.4. The number of fused-ring (bicyclic) bond motifs is 3. The van der Waals surface area contributed by atoms with Crippen molar-refractivity contribution in [2.45, 2.75) is 72.6 Å². The highest BCUT2D eigenvalue weighted by molar-refractivity contribution is 7.18. The van der Waals surface area contributed by atoms with Crippen molar-refractivity contribution in [3.63, 3.8) is 0 Å². The van der Waals surface area contributed by atoms with Crippen LogP contribution < -0.4 is 5.56 Å². The van der Waals surface area contributed by atoms with E-state index in [9.17, 15) is 14.4 Å². The molecule has 2 aliphatic rings. The molecule has 33 heavy (non-hydrogen) atoms.